The molecule has 0 aliphatic carbocycles. The first-order valence-electron chi connectivity index (χ1n) is 5.68. The molecular weight excluding hydrogens is 233 g/mol. The highest BCUT2D eigenvalue weighted by molar-refractivity contribution is 5.90. The molecule has 4 nitrogen and oxygen atoms in total. The average molecular weight is 247 g/mol. The van der Waals surface area contributed by atoms with Crippen molar-refractivity contribution in [3.63, 3.8) is 0 Å². The van der Waals surface area contributed by atoms with Crippen molar-refractivity contribution in [2.75, 3.05) is 5.32 Å². The third-order valence-corrected chi connectivity index (χ3v) is 2.64. The number of benzene rings is 1. The van der Waals surface area contributed by atoms with Crippen molar-refractivity contribution in [3.8, 4) is 0 Å². The van der Waals surface area contributed by atoms with Crippen molar-refractivity contribution < 1.29 is 9.18 Å². The van der Waals surface area contributed by atoms with Crippen molar-refractivity contribution in [1.82, 2.24) is 9.55 Å². The Balaban J connectivity index is 1.91. The minimum absolute atomic E-state index is 0.0351. The van der Waals surface area contributed by atoms with Crippen LogP contribution < -0.4 is 5.32 Å². The number of rotatable bonds is 4. The van der Waals surface area contributed by atoms with E-state index in [1.807, 2.05) is 17.7 Å². The molecule has 0 saturated carbocycles. The Morgan fingerprint density at radius 1 is 1.44 bits per heavy atom. The first kappa shape index (κ1) is 12.3. The Hall–Kier alpha value is -2.17. The van der Waals surface area contributed by atoms with Gasteiger partial charge in [0.05, 0.1) is 6.33 Å². The third-order valence-electron chi connectivity index (χ3n) is 2.64. The van der Waals surface area contributed by atoms with Crippen molar-refractivity contribution >= 4 is 11.6 Å². The van der Waals surface area contributed by atoms with Crippen LogP contribution in [-0.2, 0) is 4.79 Å². The molecule has 1 amide bonds. The fourth-order valence-electron chi connectivity index (χ4n) is 1.65. The number of nitrogens with zero attached hydrogens (tertiary/aromatic N) is 2. The SMILES string of the molecule is C[C@@H](CC(=O)Nc1ccc(F)cc1)n1ccnc1. The summed E-state index contributed by atoms with van der Waals surface area (Å²) in [6, 6.07) is 5.74. The number of halogens is 1. The summed E-state index contributed by atoms with van der Waals surface area (Å²) in [5, 5.41) is 2.72. The van der Waals surface area contributed by atoms with Gasteiger partial charge in [0.15, 0.2) is 0 Å². The maximum absolute atomic E-state index is 12.7. The molecule has 2 rings (SSSR count). The highest BCUT2D eigenvalue weighted by Gasteiger charge is 2.10. The second-order valence-corrected chi connectivity index (χ2v) is 4.12. The fourth-order valence-corrected chi connectivity index (χ4v) is 1.65. The Labute approximate surface area is 104 Å². The third kappa shape index (κ3) is 3.16. The Bertz CT molecular complexity index is 508. The smallest absolute Gasteiger partial charge is 0.226 e. The summed E-state index contributed by atoms with van der Waals surface area (Å²) in [6.07, 6.45) is 5.51. The predicted molar refractivity (Wildman–Crippen MR) is 66.6 cm³/mol. The number of amides is 1. The lowest BCUT2D eigenvalue weighted by molar-refractivity contribution is -0.116. The molecule has 0 saturated heterocycles. The van der Waals surface area contributed by atoms with Crippen LogP contribution in [0.2, 0.25) is 0 Å². The topological polar surface area (TPSA) is 46.9 Å². The van der Waals surface area contributed by atoms with E-state index in [1.54, 1.807) is 12.5 Å². The van der Waals surface area contributed by atoms with Crippen LogP contribution in [0.1, 0.15) is 19.4 Å². The normalized spacial score (nSPS) is 12.1. The van der Waals surface area contributed by atoms with Crippen LogP contribution in [0.4, 0.5) is 10.1 Å². The second-order valence-electron chi connectivity index (χ2n) is 4.12. The van der Waals surface area contributed by atoms with E-state index in [4.69, 9.17) is 0 Å². The molecule has 1 N–H and O–H groups in total. The summed E-state index contributed by atoms with van der Waals surface area (Å²) in [6.45, 7) is 1.94. The summed E-state index contributed by atoms with van der Waals surface area (Å²) >= 11 is 0. The molecule has 1 atom stereocenters. The quantitative estimate of drug-likeness (QED) is 0.902. The number of hydrogen-bond donors (Lipinski definition) is 1. The zero-order chi connectivity index (χ0) is 13.0. The lowest BCUT2D eigenvalue weighted by atomic mass is 10.2. The van der Waals surface area contributed by atoms with Crippen LogP contribution >= 0.6 is 0 Å². The van der Waals surface area contributed by atoms with Crippen LogP contribution in [0.25, 0.3) is 0 Å². The Morgan fingerprint density at radius 3 is 2.78 bits per heavy atom. The fraction of sp³-hybridized carbons (Fsp3) is 0.231. The van der Waals surface area contributed by atoms with E-state index in [0.29, 0.717) is 12.1 Å². The summed E-state index contributed by atoms with van der Waals surface area (Å²) < 4.78 is 14.6. The number of anilines is 1. The Kier molecular flexibility index (Phi) is 3.72. The van der Waals surface area contributed by atoms with Gasteiger partial charge in [-0.2, -0.15) is 0 Å². The van der Waals surface area contributed by atoms with Crippen molar-refractivity contribution in [2.24, 2.45) is 0 Å². The van der Waals surface area contributed by atoms with E-state index >= 15 is 0 Å². The minimum Gasteiger partial charge on any atom is -0.334 e. The van der Waals surface area contributed by atoms with Crippen molar-refractivity contribution in [1.29, 1.82) is 0 Å². The van der Waals surface area contributed by atoms with E-state index in [0.717, 1.165) is 0 Å². The van der Waals surface area contributed by atoms with Crippen LogP contribution in [0.3, 0.4) is 0 Å². The van der Waals surface area contributed by atoms with E-state index in [1.165, 1.54) is 24.3 Å². The number of hydrogen-bond acceptors (Lipinski definition) is 2. The first-order valence-corrected chi connectivity index (χ1v) is 5.68. The Morgan fingerprint density at radius 2 is 2.17 bits per heavy atom. The summed E-state index contributed by atoms with van der Waals surface area (Å²) in [4.78, 5) is 15.7. The van der Waals surface area contributed by atoms with Crippen LogP contribution in [0.5, 0.6) is 0 Å². The van der Waals surface area contributed by atoms with Crippen molar-refractivity contribution in [2.45, 2.75) is 19.4 Å². The highest BCUT2D eigenvalue weighted by Crippen LogP contribution is 2.13. The molecule has 94 valence electrons. The molecule has 0 bridgehead atoms. The van der Waals surface area contributed by atoms with Gasteiger partial charge in [-0.25, -0.2) is 9.37 Å². The average Bonchev–Trinajstić information content (AvgIpc) is 2.85. The van der Waals surface area contributed by atoms with Crippen LogP contribution in [0, 0.1) is 5.82 Å². The van der Waals surface area contributed by atoms with Gasteiger partial charge in [0, 0.05) is 30.5 Å². The molecule has 1 heterocycles. The molecular formula is C13H14FN3O. The van der Waals surface area contributed by atoms with E-state index in [2.05, 4.69) is 10.3 Å². The molecule has 0 aliphatic heterocycles. The molecule has 0 radical (unpaired) electrons. The van der Waals surface area contributed by atoms with Crippen LogP contribution in [0.15, 0.2) is 43.0 Å². The van der Waals surface area contributed by atoms with Gasteiger partial charge in [0.2, 0.25) is 5.91 Å². The molecule has 2 aromatic rings. The number of aromatic nitrogens is 2. The highest BCUT2D eigenvalue weighted by atomic mass is 19.1. The summed E-state index contributed by atoms with van der Waals surface area (Å²) in [7, 11) is 0. The molecule has 0 aliphatic rings. The molecule has 0 fully saturated rings. The van der Waals surface area contributed by atoms with E-state index in [9.17, 15) is 9.18 Å². The largest absolute Gasteiger partial charge is 0.334 e. The van der Waals surface area contributed by atoms with Gasteiger partial charge in [-0.1, -0.05) is 0 Å². The van der Waals surface area contributed by atoms with E-state index in [-0.39, 0.29) is 17.8 Å². The predicted octanol–water partition coefficient (Wildman–Crippen LogP) is 2.61. The molecule has 1 aromatic carbocycles. The van der Waals surface area contributed by atoms with Gasteiger partial charge < -0.3 is 9.88 Å². The number of carbonyl (C=O) groups is 1. The monoisotopic (exact) mass is 247 g/mol. The molecule has 0 spiro atoms. The molecule has 0 unspecified atom stereocenters. The molecule has 1 aromatic heterocycles. The lowest BCUT2D eigenvalue weighted by Crippen LogP contribution is -2.16. The maximum Gasteiger partial charge on any atom is 0.226 e. The maximum atomic E-state index is 12.7. The molecule has 18 heavy (non-hydrogen) atoms. The van der Waals surface area contributed by atoms with Crippen molar-refractivity contribution in [3.05, 3.63) is 48.8 Å². The van der Waals surface area contributed by atoms with E-state index < -0.39 is 0 Å². The lowest BCUT2D eigenvalue weighted by Gasteiger charge is -2.12. The number of nitrogens with one attached hydrogen (secondary N) is 1. The standard InChI is InChI=1S/C13H14FN3O/c1-10(17-7-6-15-9-17)8-13(18)16-12-4-2-11(14)3-5-12/h2-7,9-10H,8H2,1H3,(H,16,18)/t10-/m0/s1. The van der Waals surface area contributed by atoms with Gasteiger partial charge in [0.1, 0.15) is 5.82 Å². The van der Waals surface area contributed by atoms with Gasteiger partial charge >= 0.3 is 0 Å². The molecule has 5 heteroatoms. The summed E-state index contributed by atoms with van der Waals surface area (Å²) in [5.74, 6) is -0.428. The second kappa shape index (κ2) is 5.44. The van der Waals surface area contributed by atoms with Gasteiger partial charge in [-0.3, -0.25) is 4.79 Å². The number of imidazole rings is 1. The first-order chi connectivity index (χ1) is 8.65. The van der Waals surface area contributed by atoms with Gasteiger partial charge in [-0.15, -0.1) is 0 Å². The minimum atomic E-state index is -0.320. The van der Waals surface area contributed by atoms with Gasteiger partial charge in [-0.05, 0) is 31.2 Å². The zero-order valence-corrected chi connectivity index (χ0v) is 10.0. The van der Waals surface area contributed by atoms with Crippen LogP contribution in [-0.4, -0.2) is 15.5 Å². The summed E-state index contributed by atoms with van der Waals surface area (Å²) in [5.41, 5.74) is 0.597. The number of carbonyl (C=O) groups excluding carboxylic acids is 1. The zero-order valence-electron chi connectivity index (χ0n) is 10.0. The van der Waals surface area contributed by atoms with Gasteiger partial charge in [0.25, 0.3) is 0 Å².